The van der Waals surface area contributed by atoms with E-state index in [0.29, 0.717) is 13.2 Å². The molecule has 1 aromatic carbocycles. The molecule has 0 bridgehead atoms. The molecule has 0 spiro atoms. The second kappa shape index (κ2) is 11.0. The van der Waals surface area contributed by atoms with E-state index in [1.165, 1.54) is 5.69 Å². The van der Waals surface area contributed by atoms with Crippen molar-refractivity contribution in [2.45, 2.75) is 13.5 Å². The standard InChI is InChI=1S/C18H26N4O.HI/c1-4-19-18(22(3)15-16-9-8-13-21(16)2)20-12-14-23-17-10-6-5-7-11-17;/h5-11,13H,4,12,14-15H2,1-3H3,(H,19,20);1H. The fraction of sp³-hybridized carbons (Fsp3) is 0.389. The number of nitrogens with one attached hydrogen (secondary N) is 1. The van der Waals surface area contributed by atoms with Crippen LogP contribution in [0.25, 0.3) is 0 Å². The zero-order valence-corrected chi connectivity index (χ0v) is 16.9. The molecule has 0 aliphatic carbocycles. The zero-order chi connectivity index (χ0) is 16.5. The largest absolute Gasteiger partial charge is 0.492 e. The molecule has 1 N–H and O–H groups in total. The molecule has 0 fully saturated rings. The van der Waals surface area contributed by atoms with Gasteiger partial charge in [-0.3, -0.25) is 0 Å². The van der Waals surface area contributed by atoms with Crippen LogP contribution in [0.4, 0.5) is 0 Å². The van der Waals surface area contributed by atoms with Gasteiger partial charge in [0.1, 0.15) is 12.4 Å². The molecule has 6 heteroatoms. The van der Waals surface area contributed by atoms with Crippen LogP contribution in [0, 0.1) is 0 Å². The molecule has 2 rings (SSSR count). The first kappa shape index (κ1) is 20.3. The Morgan fingerprint density at radius 2 is 1.96 bits per heavy atom. The summed E-state index contributed by atoms with van der Waals surface area (Å²) in [5.41, 5.74) is 1.25. The third-order valence-electron chi connectivity index (χ3n) is 3.51. The molecule has 0 aliphatic rings. The van der Waals surface area contributed by atoms with Crippen LogP contribution in [0.1, 0.15) is 12.6 Å². The Kier molecular flexibility index (Phi) is 9.29. The Morgan fingerprint density at radius 1 is 1.21 bits per heavy atom. The Bertz CT molecular complexity index is 612. The van der Waals surface area contributed by atoms with Gasteiger partial charge in [-0.25, -0.2) is 4.99 Å². The number of rotatable bonds is 7. The lowest BCUT2D eigenvalue weighted by molar-refractivity contribution is 0.327. The molecular weight excluding hydrogens is 415 g/mol. The van der Waals surface area contributed by atoms with Crippen molar-refractivity contribution in [3.63, 3.8) is 0 Å². The highest BCUT2D eigenvalue weighted by Crippen LogP contribution is 2.08. The number of para-hydroxylation sites is 1. The highest BCUT2D eigenvalue weighted by Gasteiger charge is 2.07. The summed E-state index contributed by atoms with van der Waals surface area (Å²) in [4.78, 5) is 6.76. The fourth-order valence-corrected chi connectivity index (χ4v) is 2.28. The van der Waals surface area contributed by atoms with Gasteiger partial charge in [0.2, 0.25) is 0 Å². The number of benzene rings is 1. The number of aromatic nitrogens is 1. The lowest BCUT2D eigenvalue weighted by Crippen LogP contribution is -2.39. The van der Waals surface area contributed by atoms with Crippen LogP contribution in [0.2, 0.25) is 0 Å². The van der Waals surface area contributed by atoms with Crippen molar-refractivity contribution in [3.8, 4) is 5.75 Å². The van der Waals surface area contributed by atoms with Crippen LogP contribution in [0.15, 0.2) is 53.7 Å². The molecule has 5 nitrogen and oxygen atoms in total. The zero-order valence-electron chi connectivity index (χ0n) is 14.6. The molecule has 0 amide bonds. The summed E-state index contributed by atoms with van der Waals surface area (Å²) in [6.45, 7) is 4.92. The number of aliphatic imine (C=N–C) groups is 1. The van der Waals surface area contributed by atoms with E-state index in [4.69, 9.17) is 4.74 Å². The van der Waals surface area contributed by atoms with Crippen molar-refractivity contribution >= 4 is 29.9 Å². The van der Waals surface area contributed by atoms with Crippen molar-refractivity contribution in [1.82, 2.24) is 14.8 Å². The molecule has 0 aliphatic heterocycles. The molecule has 0 radical (unpaired) electrons. The monoisotopic (exact) mass is 442 g/mol. The van der Waals surface area contributed by atoms with E-state index in [9.17, 15) is 0 Å². The van der Waals surface area contributed by atoms with Gasteiger partial charge in [-0.05, 0) is 31.2 Å². The van der Waals surface area contributed by atoms with Gasteiger partial charge in [0.05, 0.1) is 13.1 Å². The Balaban J connectivity index is 0.00000288. The second-order valence-corrected chi connectivity index (χ2v) is 5.36. The Hall–Kier alpha value is -1.70. The minimum absolute atomic E-state index is 0. The van der Waals surface area contributed by atoms with Crippen molar-refractivity contribution in [2.75, 3.05) is 26.7 Å². The first-order valence-corrected chi connectivity index (χ1v) is 7.98. The van der Waals surface area contributed by atoms with Gasteiger partial charge in [-0.15, -0.1) is 24.0 Å². The number of hydrogen-bond acceptors (Lipinski definition) is 2. The highest BCUT2D eigenvalue weighted by atomic mass is 127. The van der Waals surface area contributed by atoms with Gasteiger partial charge >= 0.3 is 0 Å². The number of hydrogen-bond donors (Lipinski definition) is 1. The SMILES string of the molecule is CCNC(=NCCOc1ccccc1)N(C)Cc1cccn1C.I. The summed E-state index contributed by atoms with van der Waals surface area (Å²) < 4.78 is 7.81. The number of ether oxygens (including phenoxy) is 1. The van der Waals surface area contributed by atoms with Crippen LogP contribution in [-0.2, 0) is 13.6 Å². The van der Waals surface area contributed by atoms with Crippen LogP contribution < -0.4 is 10.1 Å². The van der Waals surface area contributed by atoms with Crippen molar-refractivity contribution in [3.05, 3.63) is 54.4 Å². The van der Waals surface area contributed by atoms with Crippen LogP contribution in [0.5, 0.6) is 5.75 Å². The number of halogens is 1. The molecule has 0 saturated heterocycles. The summed E-state index contributed by atoms with van der Waals surface area (Å²) in [5.74, 6) is 1.77. The molecule has 1 heterocycles. The van der Waals surface area contributed by atoms with Gasteiger partial charge < -0.3 is 19.5 Å². The van der Waals surface area contributed by atoms with E-state index in [2.05, 4.69) is 52.1 Å². The predicted molar refractivity (Wildman–Crippen MR) is 110 cm³/mol. The predicted octanol–water partition coefficient (Wildman–Crippen LogP) is 3.12. The molecule has 2 aromatic rings. The van der Waals surface area contributed by atoms with Crippen LogP contribution >= 0.6 is 24.0 Å². The van der Waals surface area contributed by atoms with E-state index >= 15 is 0 Å². The van der Waals surface area contributed by atoms with Crippen LogP contribution in [0.3, 0.4) is 0 Å². The quantitative estimate of drug-likeness (QED) is 0.310. The van der Waals surface area contributed by atoms with E-state index < -0.39 is 0 Å². The molecule has 0 atom stereocenters. The third-order valence-corrected chi connectivity index (χ3v) is 3.51. The van der Waals surface area contributed by atoms with Gasteiger partial charge in [-0.1, -0.05) is 18.2 Å². The number of guanidine groups is 1. The van der Waals surface area contributed by atoms with E-state index in [0.717, 1.165) is 24.8 Å². The maximum absolute atomic E-state index is 5.68. The first-order chi connectivity index (χ1) is 11.2. The Morgan fingerprint density at radius 3 is 2.58 bits per heavy atom. The summed E-state index contributed by atoms with van der Waals surface area (Å²) in [5, 5.41) is 3.32. The maximum atomic E-state index is 5.68. The van der Waals surface area contributed by atoms with Gasteiger partial charge in [0.25, 0.3) is 0 Å². The normalized spacial score (nSPS) is 10.9. The smallest absolute Gasteiger partial charge is 0.194 e. The summed E-state index contributed by atoms with van der Waals surface area (Å²) in [6, 6.07) is 14.0. The lowest BCUT2D eigenvalue weighted by Gasteiger charge is -2.22. The summed E-state index contributed by atoms with van der Waals surface area (Å²) >= 11 is 0. The number of nitrogens with zero attached hydrogens (tertiary/aromatic N) is 3. The molecule has 132 valence electrons. The van der Waals surface area contributed by atoms with E-state index in [1.54, 1.807) is 0 Å². The van der Waals surface area contributed by atoms with Gasteiger partial charge in [0.15, 0.2) is 5.96 Å². The molecular formula is C18H27IN4O. The minimum atomic E-state index is 0. The molecule has 1 aromatic heterocycles. The summed E-state index contributed by atoms with van der Waals surface area (Å²) in [7, 11) is 4.10. The molecule has 24 heavy (non-hydrogen) atoms. The average molecular weight is 442 g/mol. The lowest BCUT2D eigenvalue weighted by atomic mass is 10.3. The fourth-order valence-electron chi connectivity index (χ4n) is 2.28. The average Bonchev–Trinajstić information content (AvgIpc) is 2.96. The highest BCUT2D eigenvalue weighted by molar-refractivity contribution is 14.0. The van der Waals surface area contributed by atoms with Crippen molar-refractivity contribution in [1.29, 1.82) is 0 Å². The van der Waals surface area contributed by atoms with Gasteiger partial charge in [0, 0.05) is 32.5 Å². The second-order valence-electron chi connectivity index (χ2n) is 5.36. The maximum Gasteiger partial charge on any atom is 0.194 e. The number of aryl methyl sites for hydroxylation is 1. The van der Waals surface area contributed by atoms with E-state index in [1.807, 2.05) is 37.4 Å². The summed E-state index contributed by atoms with van der Waals surface area (Å²) in [6.07, 6.45) is 2.06. The van der Waals surface area contributed by atoms with Gasteiger partial charge in [-0.2, -0.15) is 0 Å². The topological polar surface area (TPSA) is 41.8 Å². The van der Waals surface area contributed by atoms with Crippen molar-refractivity contribution < 1.29 is 4.74 Å². The van der Waals surface area contributed by atoms with Crippen LogP contribution in [-0.4, -0.2) is 42.2 Å². The molecule has 0 unspecified atom stereocenters. The van der Waals surface area contributed by atoms with Crippen molar-refractivity contribution in [2.24, 2.45) is 12.0 Å². The first-order valence-electron chi connectivity index (χ1n) is 7.98. The Labute approximate surface area is 161 Å². The molecule has 0 saturated carbocycles. The third kappa shape index (κ3) is 6.43. The minimum Gasteiger partial charge on any atom is -0.492 e. The van der Waals surface area contributed by atoms with E-state index in [-0.39, 0.29) is 24.0 Å².